The van der Waals surface area contributed by atoms with Crippen molar-refractivity contribution in [2.24, 2.45) is 11.7 Å². The Kier molecular flexibility index (Phi) is 4.15. The Morgan fingerprint density at radius 1 is 1.56 bits per heavy atom. The highest BCUT2D eigenvalue weighted by Crippen LogP contribution is 2.34. The molecule has 0 spiro atoms. The number of anilines is 1. The van der Waals surface area contributed by atoms with Crippen LogP contribution in [0.4, 0.5) is 19.0 Å². The van der Waals surface area contributed by atoms with Crippen LogP contribution >= 0.6 is 0 Å². The summed E-state index contributed by atoms with van der Waals surface area (Å²) in [6.07, 6.45) is -3.14. The largest absolute Gasteiger partial charge is 0.419 e. The molecule has 0 aliphatic carbocycles. The fourth-order valence-corrected chi connectivity index (χ4v) is 1.52. The molecule has 100 valence electrons. The summed E-state index contributed by atoms with van der Waals surface area (Å²) in [4.78, 5) is 5.11. The number of pyridine rings is 1. The van der Waals surface area contributed by atoms with Crippen molar-refractivity contribution in [3.63, 3.8) is 0 Å². The topological polar surface area (TPSA) is 66.0 Å². The second-order valence-electron chi connectivity index (χ2n) is 4.11. The lowest BCUT2D eigenvalue weighted by molar-refractivity contribution is -0.137. The lowest BCUT2D eigenvalue weighted by Gasteiger charge is -2.24. The van der Waals surface area contributed by atoms with Crippen LogP contribution in [0.5, 0.6) is 0 Å². The fourth-order valence-electron chi connectivity index (χ4n) is 1.52. The third-order valence-corrected chi connectivity index (χ3v) is 2.53. The standard InChI is InChI=1S/C11H15F3N4/c1-7(9(15)16)6-18(2)10-8(11(12,13)14)4-3-5-17-10/h3-5,7H,6H2,1-2H3,(H3,15,16). The van der Waals surface area contributed by atoms with Gasteiger partial charge in [0.25, 0.3) is 0 Å². The van der Waals surface area contributed by atoms with Crippen LogP contribution in [-0.4, -0.2) is 24.4 Å². The van der Waals surface area contributed by atoms with E-state index < -0.39 is 11.7 Å². The highest BCUT2D eigenvalue weighted by Gasteiger charge is 2.35. The molecule has 1 rings (SSSR count). The summed E-state index contributed by atoms with van der Waals surface area (Å²) in [6, 6.07) is 2.23. The zero-order valence-corrected chi connectivity index (χ0v) is 10.1. The van der Waals surface area contributed by atoms with E-state index in [4.69, 9.17) is 11.1 Å². The monoisotopic (exact) mass is 260 g/mol. The first kappa shape index (κ1) is 14.3. The Morgan fingerprint density at radius 2 is 2.17 bits per heavy atom. The van der Waals surface area contributed by atoms with Gasteiger partial charge in [0, 0.05) is 25.7 Å². The maximum Gasteiger partial charge on any atom is 0.419 e. The summed E-state index contributed by atoms with van der Waals surface area (Å²) in [7, 11) is 1.50. The molecule has 0 aliphatic rings. The van der Waals surface area contributed by atoms with Gasteiger partial charge in [0.05, 0.1) is 11.4 Å². The smallest absolute Gasteiger partial charge is 0.387 e. The molecular weight excluding hydrogens is 245 g/mol. The van der Waals surface area contributed by atoms with E-state index in [1.807, 2.05) is 0 Å². The van der Waals surface area contributed by atoms with Crippen LogP contribution in [0.3, 0.4) is 0 Å². The van der Waals surface area contributed by atoms with Crippen molar-refractivity contribution < 1.29 is 13.2 Å². The molecule has 0 saturated carbocycles. The number of alkyl halides is 3. The minimum Gasteiger partial charge on any atom is -0.387 e. The van der Waals surface area contributed by atoms with E-state index in [0.29, 0.717) is 0 Å². The molecule has 4 nitrogen and oxygen atoms in total. The van der Waals surface area contributed by atoms with Gasteiger partial charge < -0.3 is 10.6 Å². The first-order valence-corrected chi connectivity index (χ1v) is 5.30. The predicted octanol–water partition coefficient (Wildman–Crippen LogP) is 2.11. The first-order valence-electron chi connectivity index (χ1n) is 5.30. The predicted molar refractivity (Wildman–Crippen MR) is 63.6 cm³/mol. The van der Waals surface area contributed by atoms with Gasteiger partial charge in [0.1, 0.15) is 5.82 Å². The molecule has 0 radical (unpaired) electrons. The molecule has 1 atom stereocenters. The average Bonchev–Trinajstić information content (AvgIpc) is 2.27. The zero-order valence-electron chi connectivity index (χ0n) is 10.1. The molecule has 3 N–H and O–H groups in total. The summed E-state index contributed by atoms with van der Waals surface area (Å²) in [5.41, 5.74) is 4.51. The van der Waals surface area contributed by atoms with Gasteiger partial charge in [-0.1, -0.05) is 6.92 Å². The van der Waals surface area contributed by atoms with Crippen molar-refractivity contribution in [1.82, 2.24) is 4.98 Å². The summed E-state index contributed by atoms with van der Waals surface area (Å²) < 4.78 is 38.3. The van der Waals surface area contributed by atoms with E-state index in [2.05, 4.69) is 4.98 Å². The Bertz CT molecular complexity index is 431. The molecule has 0 amide bonds. The second kappa shape index (κ2) is 5.24. The van der Waals surface area contributed by atoms with Crippen molar-refractivity contribution in [1.29, 1.82) is 5.41 Å². The van der Waals surface area contributed by atoms with Gasteiger partial charge in [-0.05, 0) is 12.1 Å². The number of aromatic nitrogens is 1. The van der Waals surface area contributed by atoms with Crippen molar-refractivity contribution in [3.05, 3.63) is 23.9 Å². The van der Waals surface area contributed by atoms with Crippen molar-refractivity contribution in [2.75, 3.05) is 18.5 Å². The molecule has 7 heteroatoms. The molecule has 18 heavy (non-hydrogen) atoms. The Morgan fingerprint density at radius 3 is 2.67 bits per heavy atom. The van der Waals surface area contributed by atoms with E-state index in [1.54, 1.807) is 6.92 Å². The van der Waals surface area contributed by atoms with Gasteiger partial charge in [-0.15, -0.1) is 0 Å². The molecule has 0 aliphatic heterocycles. The molecule has 1 heterocycles. The van der Waals surface area contributed by atoms with Crippen molar-refractivity contribution in [2.45, 2.75) is 13.1 Å². The summed E-state index contributed by atoms with van der Waals surface area (Å²) in [5, 5.41) is 7.24. The Balaban J connectivity index is 2.99. The molecule has 1 aromatic rings. The van der Waals surface area contributed by atoms with Gasteiger partial charge in [-0.2, -0.15) is 13.2 Å². The van der Waals surface area contributed by atoms with Gasteiger partial charge in [0.15, 0.2) is 0 Å². The number of hydrogen-bond acceptors (Lipinski definition) is 3. The lowest BCUT2D eigenvalue weighted by Crippen LogP contribution is -2.33. The second-order valence-corrected chi connectivity index (χ2v) is 4.11. The van der Waals surface area contributed by atoms with E-state index in [0.717, 1.165) is 6.07 Å². The number of amidine groups is 1. The molecule has 1 aromatic heterocycles. The zero-order chi connectivity index (χ0) is 13.9. The fraction of sp³-hybridized carbons (Fsp3) is 0.455. The molecule has 0 bridgehead atoms. The number of nitrogens with two attached hydrogens (primary N) is 1. The molecule has 0 aromatic carbocycles. The van der Waals surface area contributed by atoms with Crippen LogP contribution in [0.1, 0.15) is 12.5 Å². The van der Waals surface area contributed by atoms with Gasteiger partial charge in [-0.3, -0.25) is 5.41 Å². The summed E-state index contributed by atoms with van der Waals surface area (Å²) >= 11 is 0. The van der Waals surface area contributed by atoms with Crippen LogP contribution in [0.15, 0.2) is 18.3 Å². The average molecular weight is 260 g/mol. The van der Waals surface area contributed by atoms with E-state index in [1.165, 1.54) is 24.2 Å². The maximum absolute atomic E-state index is 12.8. The minimum absolute atomic E-state index is 0.0636. The number of halogens is 3. The maximum atomic E-state index is 12.8. The molecule has 1 unspecified atom stereocenters. The number of hydrogen-bond donors (Lipinski definition) is 2. The summed E-state index contributed by atoms with van der Waals surface area (Å²) in [5.74, 6) is -0.553. The highest BCUT2D eigenvalue weighted by molar-refractivity contribution is 5.79. The van der Waals surface area contributed by atoms with Gasteiger partial charge in [0.2, 0.25) is 0 Å². The quantitative estimate of drug-likeness (QED) is 0.643. The van der Waals surface area contributed by atoms with E-state index in [9.17, 15) is 13.2 Å². The first-order chi connectivity index (χ1) is 8.23. The number of rotatable bonds is 4. The summed E-state index contributed by atoms with van der Waals surface area (Å²) in [6.45, 7) is 1.88. The normalized spacial score (nSPS) is 13.2. The van der Waals surface area contributed by atoms with Crippen molar-refractivity contribution >= 4 is 11.7 Å². The van der Waals surface area contributed by atoms with Crippen LogP contribution in [0.2, 0.25) is 0 Å². The van der Waals surface area contributed by atoms with Crippen LogP contribution < -0.4 is 10.6 Å². The number of nitrogens with zero attached hydrogens (tertiary/aromatic N) is 2. The third-order valence-electron chi connectivity index (χ3n) is 2.53. The van der Waals surface area contributed by atoms with E-state index in [-0.39, 0.29) is 24.1 Å². The molecule has 0 fully saturated rings. The Hall–Kier alpha value is -1.79. The van der Waals surface area contributed by atoms with Gasteiger partial charge >= 0.3 is 6.18 Å². The Labute approximate surface area is 103 Å². The highest BCUT2D eigenvalue weighted by atomic mass is 19.4. The molecule has 0 saturated heterocycles. The minimum atomic E-state index is -4.45. The van der Waals surface area contributed by atoms with E-state index >= 15 is 0 Å². The lowest BCUT2D eigenvalue weighted by atomic mass is 10.1. The van der Waals surface area contributed by atoms with Crippen LogP contribution in [0, 0.1) is 11.3 Å². The number of nitrogens with one attached hydrogen (secondary N) is 1. The van der Waals surface area contributed by atoms with Crippen molar-refractivity contribution in [3.8, 4) is 0 Å². The van der Waals surface area contributed by atoms with Gasteiger partial charge in [-0.25, -0.2) is 4.98 Å². The molecular formula is C11H15F3N4. The van der Waals surface area contributed by atoms with Crippen LogP contribution in [-0.2, 0) is 6.18 Å². The van der Waals surface area contributed by atoms with Crippen LogP contribution in [0.25, 0.3) is 0 Å². The third kappa shape index (κ3) is 3.35. The SMILES string of the molecule is CC(CN(C)c1ncccc1C(F)(F)F)C(=N)N.